The number of carbonyl (C=O) groups is 2. The van der Waals surface area contributed by atoms with Crippen molar-refractivity contribution in [2.45, 2.75) is 25.0 Å². The highest BCUT2D eigenvalue weighted by molar-refractivity contribution is 5.92. The first kappa shape index (κ1) is 20.7. The van der Waals surface area contributed by atoms with Gasteiger partial charge in [0.25, 0.3) is 5.91 Å². The first-order chi connectivity index (χ1) is 13.8. The Kier molecular flexibility index (Phi) is 6.13. The van der Waals surface area contributed by atoms with Crippen LogP contribution < -0.4 is 5.73 Å². The molecule has 1 aromatic heterocycles. The molecule has 0 spiro atoms. The van der Waals surface area contributed by atoms with Crippen LogP contribution in [0.25, 0.3) is 5.69 Å². The van der Waals surface area contributed by atoms with Gasteiger partial charge in [0.1, 0.15) is 0 Å². The first-order valence-electron chi connectivity index (χ1n) is 9.28. The number of benzene rings is 1. The molecule has 2 aromatic rings. The van der Waals surface area contributed by atoms with Gasteiger partial charge in [0.2, 0.25) is 0 Å². The number of hydrogen-bond acceptors (Lipinski definition) is 6. The molecule has 1 aliphatic rings. The van der Waals surface area contributed by atoms with E-state index in [0.717, 1.165) is 11.3 Å². The number of nitrogens with zero attached hydrogens (tertiary/aromatic N) is 3. The maximum atomic E-state index is 11.8. The summed E-state index contributed by atoms with van der Waals surface area (Å²) >= 11 is 0. The minimum Gasteiger partial charge on any atom is -0.375 e. The minimum atomic E-state index is -1.71. The van der Waals surface area contributed by atoms with Crippen molar-refractivity contribution >= 4 is 12.2 Å². The van der Waals surface area contributed by atoms with Crippen LogP contribution in [0.4, 0.5) is 0 Å². The van der Waals surface area contributed by atoms with Crippen LogP contribution in [0.3, 0.4) is 0 Å². The zero-order chi connectivity index (χ0) is 21.0. The van der Waals surface area contributed by atoms with E-state index in [2.05, 4.69) is 16.9 Å². The third-order valence-corrected chi connectivity index (χ3v) is 4.71. The van der Waals surface area contributed by atoms with E-state index in [1.807, 2.05) is 25.1 Å². The molecule has 0 aliphatic carbocycles. The second kappa shape index (κ2) is 8.57. The molecule has 0 unspecified atom stereocenters. The van der Waals surface area contributed by atoms with E-state index in [9.17, 15) is 14.7 Å². The number of fused-ring (bicyclic) bond motifs is 1. The first-order valence-corrected chi connectivity index (χ1v) is 9.28. The molecule has 3 rings (SSSR count). The van der Waals surface area contributed by atoms with Gasteiger partial charge in [-0.1, -0.05) is 17.9 Å². The highest BCUT2D eigenvalue weighted by atomic mass is 16.5. The van der Waals surface area contributed by atoms with Crippen LogP contribution in [0.5, 0.6) is 0 Å². The van der Waals surface area contributed by atoms with Gasteiger partial charge in [0, 0.05) is 30.5 Å². The van der Waals surface area contributed by atoms with Crippen LogP contribution in [0.15, 0.2) is 24.3 Å². The molecule has 29 heavy (non-hydrogen) atoms. The Morgan fingerprint density at radius 1 is 1.48 bits per heavy atom. The van der Waals surface area contributed by atoms with E-state index >= 15 is 0 Å². The Morgan fingerprint density at radius 3 is 2.97 bits per heavy atom. The number of amides is 1. The highest BCUT2D eigenvalue weighted by Gasteiger charge is 2.25. The molecule has 0 bridgehead atoms. The van der Waals surface area contributed by atoms with E-state index in [1.165, 1.54) is 0 Å². The molecule has 8 nitrogen and oxygen atoms in total. The second-order valence-electron chi connectivity index (χ2n) is 7.25. The van der Waals surface area contributed by atoms with Gasteiger partial charge in [-0.05, 0) is 32.3 Å². The van der Waals surface area contributed by atoms with E-state index in [1.54, 1.807) is 22.9 Å². The zero-order valence-electron chi connectivity index (χ0n) is 16.5. The number of primary amides is 1. The summed E-state index contributed by atoms with van der Waals surface area (Å²) in [6.07, 6.45) is 1.25. The van der Waals surface area contributed by atoms with Crippen LogP contribution >= 0.6 is 0 Å². The van der Waals surface area contributed by atoms with Gasteiger partial charge in [0.05, 0.1) is 24.6 Å². The standard InChI is InChI=1S/C21H24N4O4/c1-24(2)10-9-21(28,14-26)8-6-15-4-3-5-16(12-15)25-18-13-29-11-7-17(18)19(23-25)20(22)27/h3-5,12,14,28H,7,9-11,13H2,1-2H3,(H2,22,27)/t21-/m0/s1. The number of aldehydes is 1. The Labute approximate surface area is 169 Å². The second-order valence-corrected chi connectivity index (χ2v) is 7.25. The number of ether oxygens (including phenoxy) is 1. The fraction of sp³-hybridized carbons (Fsp3) is 0.381. The number of hydrogen-bond donors (Lipinski definition) is 2. The average Bonchev–Trinajstić information content (AvgIpc) is 3.11. The van der Waals surface area contributed by atoms with Gasteiger partial charge in [-0.3, -0.25) is 9.59 Å². The van der Waals surface area contributed by atoms with Crippen LogP contribution in [0, 0.1) is 11.8 Å². The molecule has 152 valence electrons. The van der Waals surface area contributed by atoms with Crippen molar-refractivity contribution in [1.29, 1.82) is 0 Å². The molecule has 0 radical (unpaired) electrons. The number of nitrogens with two attached hydrogens (primary N) is 1. The van der Waals surface area contributed by atoms with Gasteiger partial charge in [-0.25, -0.2) is 4.68 Å². The van der Waals surface area contributed by atoms with E-state index < -0.39 is 11.5 Å². The molecule has 0 saturated carbocycles. The van der Waals surface area contributed by atoms with Gasteiger partial charge >= 0.3 is 0 Å². The summed E-state index contributed by atoms with van der Waals surface area (Å²) in [5.41, 5.74) is 6.90. The summed E-state index contributed by atoms with van der Waals surface area (Å²) in [5, 5.41) is 14.8. The summed E-state index contributed by atoms with van der Waals surface area (Å²) in [4.78, 5) is 25.0. The molecule has 8 heteroatoms. The normalized spacial score (nSPS) is 15.2. The van der Waals surface area contributed by atoms with E-state index in [-0.39, 0.29) is 12.1 Å². The van der Waals surface area contributed by atoms with Crippen molar-refractivity contribution in [3.63, 3.8) is 0 Å². The molecule has 1 amide bonds. The van der Waals surface area contributed by atoms with Crippen LogP contribution in [-0.4, -0.2) is 64.8 Å². The Hall–Kier alpha value is -2.99. The Balaban J connectivity index is 1.94. The molecule has 0 saturated heterocycles. The number of rotatable bonds is 6. The molecule has 1 aliphatic heterocycles. The lowest BCUT2D eigenvalue weighted by atomic mass is 10.0. The molecule has 1 aromatic carbocycles. The summed E-state index contributed by atoms with van der Waals surface area (Å²) in [5.74, 6) is 4.96. The quantitative estimate of drug-likeness (QED) is 0.536. The largest absolute Gasteiger partial charge is 0.375 e. The van der Waals surface area contributed by atoms with Crippen molar-refractivity contribution in [3.05, 3.63) is 46.8 Å². The maximum absolute atomic E-state index is 11.8. The van der Waals surface area contributed by atoms with Crippen molar-refractivity contribution in [1.82, 2.24) is 14.7 Å². The van der Waals surface area contributed by atoms with Gasteiger partial charge in [0.15, 0.2) is 17.6 Å². The van der Waals surface area contributed by atoms with Gasteiger partial charge in [-0.2, -0.15) is 5.10 Å². The Bertz CT molecular complexity index is 986. The fourth-order valence-corrected chi connectivity index (χ4v) is 3.09. The van der Waals surface area contributed by atoms with Crippen LogP contribution in [0.2, 0.25) is 0 Å². The van der Waals surface area contributed by atoms with Crippen LogP contribution in [-0.2, 0) is 22.6 Å². The number of aromatic nitrogens is 2. The predicted octanol–water partition coefficient (Wildman–Crippen LogP) is 0.277. The van der Waals surface area contributed by atoms with E-state index in [4.69, 9.17) is 10.5 Å². The van der Waals surface area contributed by atoms with Crippen molar-refractivity contribution in [2.24, 2.45) is 5.73 Å². The molecular formula is C21H24N4O4. The third kappa shape index (κ3) is 4.71. The fourth-order valence-electron chi connectivity index (χ4n) is 3.09. The summed E-state index contributed by atoms with van der Waals surface area (Å²) < 4.78 is 7.15. The smallest absolute Gasteiger partial charge is 0.269 e. The summed E-state index contributed by atoms with van der Waals surface area (Å²) in [6.45, 7) is 1.38. The molecule has 3 N–H and O–H groups in total. The average molecular weight is 396 g/mol. The highest BCUT2D eigenvalue weighted by Crippen LogP contribution is 2.24. The SMILES string of the molecule is CN(C)CC[C@@](O)(C#Cc1cccc(-n2nc(C(N)=O)c3c2COCC3)c1)C=O. The molecular weight excluding hydrogens is 372 g/mol. The molecule has 0 fully saturated rings. The maximum Gasteiger partial charge on any atom is 0.269 e. The van der Waals surface area contributed by atoms with Crippen LogP contribution in [0.1, 0.15) is 33.7 Å². The topological polar surface area (TPSA) is 111 Å². The van der Waals surface area contributed by atoms with E-state index in [0.29, 0.717) is 43.7 Å². The predicted molar refractivity (Wildman–Crippen MR) is 107 cm³/mol. The summed E-state index contributed by atoms with van der Waals surface area (Å²) in [7, 11) is 3.72. The zero-order valence-corrected chi connectivity index (χ0v) is 16.5. The lowest BCUT2D eigenvalue weighted by Gasteiger charge is -2.17. The van der Waals surface area contributed by atoms with Crippen molar-refractivity contribution in [2.75, 3.05) is 27.2 Å². The monoisotopic (exact) mass is 396 g/mol. The van der Waals surface area contributed by atoms with Crippen molar-refractivity contribution < 1.29 is 19.4 Å². The molecule has 1 atom stereocenters. The lowest BCUT2D eigenvalue weighted by Crippen LogP contribution is -2.33. The minimum absolute atomic E-state index is 0.210. The molecule has 2 heterocycles. The Morgan fingerprint density at radius 2 is 2.28 bits per heavy atom. The number of aliphatic hydroxyl groups is 1. The van der Waals surface area contributed by atoms with Gasteiger partial charge < -0.3 is 20.5 Å². The summed E-state index contributed by atoms with van der Waals surface area (Å²) in [6, 6.07) is 7.17. The lowest BCUT2D eigenvalue weighted by molar-refractivity contribution is -0.119. The van der Waals surface area contributed by atoms with Gasteiger partial charge in [-0.15, -0.1) is 0 Å². The number of carbonyl (C=O) groups excluding carboxylic acids is 2. The third-order valence-electron chi connectivity index (χ3n) is 4.71. The van der Waals surface area contributed by atoms with Crippen molar-refractivity contribution in [3.8, 4) is 17.5 Å².